The van der Waals surface area contributed by atoms with E-state index in [1.165, 1.54) is 12.1 Å². The van der Waals surface area contributed by atoms with E-state index in [4.69, 9.17) is 14.6 Å². The standard InChI is InChI=1S/C14H11BrFNO2/c1-7-9-3-2-8(16)6-11(9)19-14(7)13(17)10-4-5-12(15)18-10/h2-6,13H,17H2,1H3. The smallest absolute Gasteiger partial charge is 0.169 e. The maximum Gasteiger partial charge on any atom is 0.169 e. The van der Waals surface area contributed by atoms with Gasteiger partial charge in [0, 0.05) is 17.0 Å². The molecule has 2 N–H and O–H groups in total. The molecule has 0 spiro atoms. The number of rotatable bonds is 2. The monoisotopic (exact) mass is 323 g/mol. The largest absolute Gasteiger partial charge is 0.459 e. The predicted octanol–water partition coefficient (Wildman–Crippen LogP) is 4.28. The highest BCUT2D eigenvalue weighted by atomic mass is 79.9. The second kappa shape index (κ2) is 4.51. The zero-order chi connectivity index (χ0) is 13.6. The zero-order valence-corrected chi connectivity index (χ0v) is 11.7. The Morgan fingerprint density at radius 3 is 2.68 bits per heavy atom. The van der Waals surface area contributed by atoms with Gasteiger partial charge in [0.15, 0.2) is 4.67 Å². The fourth-order valence-corrected chi connectivity index (χ4v) is 2.46. The van der Waals surface area contributed by atoms with Gasteiger partial charge in [-0.15, -0.1) is 0 Å². The second-order valence-electron chi connectivity index (χ2n) is 4.35. The fraction of sp³-hybridized carbons (Fsp3) is 0.143. The van der Waals surface area contributed by atoms with Crippen LogP contribution in [0, 0.1) is 12.7 Å². The zero-order valence-electron chi connectivity index (χ0n) is 10.1. The molecule has 0 aliphatic carbocycles. The first-order valence-electron chi connectivity index (χ1n) is 5.75. The molecule has 0 bridgehead atoms. The van der Waals surface area contributed by atoms with E-state index in [0.717, 1.165) is 10.9 Å². The Labute approximate surface area is 117 Å². The summed E-state index contributed by atoms with van der Waals surface area (Å²) in [7, 11) is 0. The minimum absolute atomic E-state index is 0.331. The van der Waals surface area contributed by atoms with Crippen LogP contribution < -0.4 is 5.73 Å². The first-order valence-corrected chi connectivity index (χ1v) is 6.55. The molecule has 5 heteroatoms. The average Bonchev–Trinajstić information content (AvgIpc) is 2.93. The molecule has 0 fully saturated rings. The number of nitrogens with two attached hydrogens (primary N) is 1. The van der Waals surface area contributed by atoms with Gasteiger partial charge in [0.2, 0.25) is 0 Å². The molecule has 0 aliphatic rings. The highest BCUT2D eigenvalue weighted by Gasteiger charge is 2.21. The molecule has 1 unspecified atom stereocenters. The van der Waals surface area contributed by atoms with E-state index >= 15 is 0 Å². The lowest BCUT2D eigenvalue weighted by Crippen LogP contribution is -2.10. The van der Waals surface area contributed by atoms with Crippen molar-refractivity contribution >= 4 is 26.9 Å². The van der Waals surface area contributed by atoms with Crippen LogP contribution >= 0.6 is 15.9 Å². The third kappa shape index (κ3) is 2.09. The van der Waals surface area contributed by atoms with Crippen molar-refractivity contribution in [3.8, 4) is 0 Å². The summed E-state index contributed by atoms with van der Waals surface area (Å²) < 4.78 is 24.9. The van der Waals surface area contributed by atoms with Gasteiger partial charge in [-0.2, -0.15) is 0 Å². The second-order valence-corrected chi connectivity index (χ2v) is 5.13. The van der Waals surface area contributed by atoms with E-state index in [1.54, 1.807) is 18.2 Å². The highest BCUT2D eigenvalue weighted by Crippen LogP contribution is 2.33. The Balaban J connectivity index is 2.12. The lowest BCUT2D eigenvalue weighted by Gasteiger charge is -2.06. The molecular weight excluding hydrogens is 313 g/mol. The molecule has 0 aliphatic heterocycles. The predicted molar refractivity (Wildman–Crippen MR) is 73.3 cm³/mol. The van der Waals surface area contributed by atoms with Gasteiger partial charge in [-0.1, -0.05) is 0 Å². The van der Waals surface area contributed by atoms with Crippen molar-refractivity contribution in [3.05, 3.63) is 57.9 Å². The minimum Gasteiger partial charge on any atom is -0.459 e. The fourth-order valence-electron chi connectivity index (χ4n) is 2.14. The lowest BCUT2D eigenvalue weighted by atomic mass is 10.1. The molecular formula is C14H11BrFNO2. The quantitative estimate of drug-likeness (QED) is 0.765. The van der Waals surface area contributed by atoms with E-state index in [0.29, 0.717) is 21.8 Å². The molecule has 3 aromatic rings. The molecule has 0 saturated heterocycles. The van der Waals surface area contributed by atoms with Crippen LogP contribution in [0.1, 0.15) is 23.1 Å². The normalized spacial score (nSPS) is 13.1. The number of benzene rings is 1. The van der Waals surface area contributed by atoms with Crippen LogP contribution in [0.15, 0.2) is 43.8 Å². The van der Waals surface area contributed by atoms with E-state index in [2.05, 4.69) is 15.9 Å². The van der Waals surface area contributed by atoms with Gasteiger partial charge in [0.25, 0.3) is 0 Å². The van der Waals surface area contributed by atoms with Crippen molar-refractivity contribution < 1.29 is 13.2 Å². The van der Waals surface area contributed by atoms with Gasteiger partial charge in [-0.25, -0.2) is 4.39 Å². The van der Waals surface area contributed by atoms with Crippen LogP contribution in [0.5, 0.6) is 0 Å². The molecule has 19 heavy (non-hydrogen) atoms. The van der Waals surface area contributed by atoms with Gasteiger partial charge in [-0.05, 0) is 47.1 Å². The van der Waals surface area contributed by atoms with Gasteiger partial charge in [0.05, 0.1) is 0 Å². The van der Waals surface area contributed by atoms with Gasteiger partial charge in [0.1, 0.15) is 29.0 Å². The summed E-state index contributed by atoms with van der Waals surface area (Å²) in [5.74, 6) is 0.846. The van der Waals surface area contributed by atoms with E-state index < -0.39 is 6.04 Å². The first-order chi connectivity index (χ1) is 9.06. The number of hydrogen-bond acceptors (Lipinski definition) is 3. The maximum absolute atomic E-state index is 13.2. The van der Waals surface area contributed by atoms with E-state index in [9.17, 15) is 4.39 Å². The van der Waals surface area contributed by atoms with Crippen LogP contribution in [-0.4, -0.2) is 0 Å². The Kier molecular flexibility index (Phi) is 2.95. The van der Waals surface area contributed by atoms with Gasteiger partial charge < -0.3 is 14.6 Å². The SMILES string of the molecule is Cc1c(C(N)c2ccc(Br)o2)oc2cc(F)ccc12. The van der Waals surface area contributed by atoms with Crippen LogP contribution in [0.4, 0.5) is 4.39 Å². The molecule has 2 heterocycles. The van der Waals surface area contributed by atoms with Crippen molar-refractivity contribution in [2.24, 2.45) is 5.73 Å². The van der Waals surface area contributed by atoms with Crippen molar-refractivity contribution in [1.29, 1.82) is 0 Å². The topological polar surface area (TPSA) is 52.3 Å². The molecule has 1 aromatic carbocycles. The molecule has 0 saturated carbocycles. The summed E-state index contributed by atoms with van der Waals surface area (Å²) in [5, 5.41) is 0.859. The summed E-state index contributed by atoms with van der Waals surface area (Å²) >= 11 is 3.23. The Morgan fingerprint density at radius 2 is 2.00 bits per heavy atom. The lowest BCUT2D eigenvalue weighted by molar-refractivity contribution is 0.431. The number of fused-ring (bicyclic) bond motifs is 1. The van der Waals surface area contributed by atoms with Crippen LogP contribution in [0.3, 0.4) is 0 Å². The van der Waals surface area contributed by atoms with Crippen molar-refractivity contribution in [2.45, 2.75) is 13.0 Å². The summed E-state index contributed by atoms with van der Waals surface area (Å²) in [6.45, 7) is 1.90. The van der Waals surface area contributed by atoms with Crippen LogP contribution in [0.25, 0.3) is 11.0 Å². The number of aryl methyl sites for hydroxylation is 1. The van der Waals surface area contributed by atoms with Crippen molar-refractivity contribution in [2.75, 3.05) is 0 Å². The highest BCUT2D eigenvalue weighted by molar-refractivity contribution is 9.10. The summed E-state index contributed by atoms with van der Waals surface area (Å²) in [5.41, 5.74) is 7.52. The molecule has 3 rings (SSSR count). The Bertz CT molecular complexity index is 747. The first kappa shape index (κ1) is 12.4. The van der Waals surface area contributed by atoms with Crippen molar-refractivity contribution in [3.63, 3.8) is 0 Å². The van der Waals surface area contributed by atoms with Crippen molar-refractivity contribution in [1.82, 2.24) is 0 Å². The molecule has 3 nitrogen and oxygen atoms in total. The third-order valence-electron chi connectivity index (χ3n) is 3.12. The third-order valence-corrected chi connectivity index (χ3v) is 3.55. The minimum atomic E-state index is -0.512. The maximum atomic E-state index is 13.2. The van der Waals surface area contributed by atoms with Gasteiger partial charge >= 0.3 is 0 Å². The molecule has 0 radical (unpaired) electrons. The number of furan rings is 2. The number of halogens is 2. The van der Waals surface area contributed by atoms with Gasteiger partial charge in [-0.3, -0.25) is 0 Å². The summed E-state index contributed by atoms with van der Waals surface area (Å²) in [6, 6.07) is 7.49. The van der Waals surface area contributed by atoms with Crippen LogP contribution in [0.2, 0.25) is 0 Å². The molecule has 2 aromatic heterocycles. The Morgan fingerprint density at radius 1 is 1.21 bits per heavy atom. The molecule has 1 atom stereocenters. The van der Waals surface area contributed by atoms with E-state index in [1.807, 2.05) is 6.92 Å². The van der Waals surface area contributed by atoms with Crippen LogP contribution in [-0.2, 0) is 0 Å². The summed E-state index contributed by atoms with van der Waals surface area (Å²) in [4.78, 5) is 0. The van der Waals surface area contributed by atoms with E-state index in [-0.39, 0.29) is 5.82 Å². The number of hydrogen-bond donors (Lipinski definition) is 1. The molecule has 98 valence electrons. The Hall–Kier alpha value is -1.59. The summed E-state index contributed by atoms with van der Waals surface area (Å²) in [6.07, 6.45) is 0. The molecule has 0 amide bonds. The average molecular weight is 324 g/mol.